The first-order valence-corrected chi connectivity index (χ1v) is 12.3. The summed E-state index contributed by atoms with van der Waals surface area (Å²) in [7, 11) is 0.0746. The Labute approximate surface area is 156 Å². The fraction of sp³-hybridized carbons (Fsp3) is 0.706. The number of hydrogen-bond donors (Lipinski definition) is 1. The molecule has 0 aliphatic rings. The topological polar surface area (TPSA) is 100 Å². The van der Waals surface area contributed by atoms with E-state index in [1.54, 1.807) is 0 Å². The average molecular weight is 390 g/mol. The molecule has 0 radical (unpaired) electrons. The predicted molar refractivity (Wildman–Crippen MR) is 99.4 cm³/mol. The van der Waals surface area contributed by atoms with Gasteiger partial charge in [-0.2, -0.15) is 0 Å². The molecule has 0 aromatic carbocycles. The second kappa shape index (κ2) is 13.3. The third-order valence-electron chi connectivity index (χ3n) is 3.29. The van der Waals surface area contributed by atoms with Gasteiger partial charge < -0.3 is 24.3 Å². The fourth-order valence-electron chi connectivity index (χ4n) is 1.76. The molecule has 0 fully saturated rings. The Morgan fingerprint density at radius 3 is 2.46 bits per heavy atom. The first-order valence-electron chi connectivity index (χ1n) is 8.55. The van der Waals surface area contributed by atoms with Crippen molar-refractivity contribution in [3.05, 3.63) is 12.7 Å². The molecule has 0 aliphatic carbocycles. The number of rotatable bonds is 13. The molecular formula is C17H31NO7Si. The van der Waals surface area contributed by atoms with Crippen molar-refractivity contribution >= 4 is 26.1 Å². The highest BCUT2D eigenvalue weighted by Gasteiger charge is 2.23. The van der Waals surface area contributed by atoms with Gasteiger partial charge in [0.15, 0.2) is 6.79 Å². The maximum atomic E-state index is 12.2. The van der Waals surface area contributed by atoms with Gasteiger partial charge in [-0.25, -0.2) is 9.59 Å². The van der Waals surface area contributed by atoms with Crippen LogP contribution in [0.15, 0.2) is 12.7 Å². The lowest BCUT2D eigenvalue weighted by Crippen LogP contribution is -2.42. The highest BCUT2D eigenvalue weighted by atomic mass is 28.3. The van der Waals surface area contributed by atoms with E-state index in [9.17, 15) is 14.4 Å². The van der Waals surface area contributed by atoms with Crippen LogP contribution in [0.3, 0.4) is 0 Å². The van der Waals surface area contributed by atoms with Gasteiger partial charge in [0.1, 0.15) is 12.6 Å². The molecule has 0 bridgehead atoms. The number of alkyl carbamates (subject to hydrolysis) is 1. The molecule has 1 atom stereocenters. The molecule has 26 heavy (non-hydrogen) atoms. The molecule has 150 valence electrons. The smallest absolute Gasteiger partial charge is 0.408 e. The summed E-state index contributed by atoms with van der Waals surface area (Å²) in [5, 5.41) is 2.42. The van der Waals surface area contributed by atoms with Crippen molar-refractivity contribution in [3.63, 3.8) is 0 Å². The Bertz CT molecular complexity index is 463. The van der Waals surface area contributed by atoms with Gasteiger partial charge in [0.25, 0.3) is 0 Å². The van der Waals surface area contributed by atoms with E-state index in [-0.39, 0.29) is 32.2 Å². The number of hydrogen-bond acceptors (Lipinski definition) is 7. The number of carbonyl (C=O) groups is 3. The van der Waals surface area contributed by atoms with Crippen LogP contribution >= 0.6 is 0 Å². The van der Waals surface area contributed by atoms with Crippen LogP contribution in [0.5, 0.6) is 0 Å². The van der Waals surface area contributed by atoms with Crippen molar-refractivity contribution in [1.82, 2.24) is 5.32 Å². The van der Waals surface area contributed by atoms with Gasteiger partial charge in [-0.1, -0.05) is 32.3 Å². The molecule has 0 heterocycles. The minimum absolute atomic E-state index is 0.0234. The van der Waals surface area contributed by atoms with Gasteiger partial charge in [0.2, 0.25) is 0 Å². The summed E-state index contributed by atoms with van der Waals surface area (Å²) >= 11 is 0. The van der Waals surface area contributed by atoms with Crippen LogP contribution in [-0.4, -0.2) is 59.3 Å². The van der Waals surface area contributed by atoms with Crippen LogP contribution in [0.2, 0.25) is 25.7 Å². The molecule has 0 rings (SSSR count). The molecule has 1 amide bonds. The van der Waals surface area contributed by atoms with E-state index in [0.29, 0.717) is 13.0 Å². The van der Waals surface area contributed by atoms with E-state index in [2.05, 4.69) is 36.3 Å². The van der Waals surface area contributed by atoms with Gasteiger partial charge in [-0.15, -0.1) is 0 Å². The number of methoxy groups -OCH3 is 1. The maximum absolute atomic E-state index is 12.2. The van der Waals surface area contributed by atoms with Crippen LogP contribution in [0.1, 0.15) is 19.3 Å². The van der Waals surface area contributed by atoms with Crippen LogP contribution < -0.4 is 5.32 Å². The largest absolute Gasteiger partial charge is 0.469 e. The van der Waals surface area contributed by atoms with Crippen molar-refractivity contribution in [1.29, 1.82) is 0 Å². The molecule has 0 saturated carbocycles. The first-order chi connectivity index (χ1) is 12.2. The minimum atomic E-state index is -1.21. The zero-order chi connectivity index (χ0) is 20.0. The monoisotopic (exact) mass is 389 g/mol. The molecule has 8 nitrogen and oxygen atoms in total. The number of ether oxygens (including phenoxy) is 4. The van der Waals surface area contributed by atoms with E-state index < -0.39 is 26.2 Å². The van der Waals surface area contributed by atoms with E-state index in [4.69, 9.17) is 14.2 Å². The second-order valence-corrected chi connectivity index (χ2v) is 12.5. The van der Waals surface area contributed by atoms with Crippen LogP contribution in [0.25, 0.3) is 0 Å². The average Bonchev–Trinajstić information content (AvgIpc) is 2.57. The van der Waals surface area contributed by atoms with Crippen LogP contribution in [0, 0.1) is 0 Å². The molecule has 0 aromatic rings. The Balaban J connectivity index is 4.40. The normalized spacial score (nSPS) is 12.0. The number of amides is 1. The van der Waals surface area contributed by atoms with E-state index in [1.807, 2.05) is 0 Å². The summed E-state index contributed by atoms with van der Waals surface area (Å²) in [5.41, 5.74) is 0. The van der Waals surface area contributed by atoms with Gasteiger partial charge in [0, 0.05) is 21.1 Å². The SMILES string of the molecule is C=CCOC(=O)NC(CCCC(=O)OC)C(=O)OCOCC[Si](C)(C)C. The van der Waals surface area contributed by atoms with Crippen molar-refractivity contribution in [3.8, 4) is 0 Å². The molecule has 0 aromatic heterocycles. The lowest BCUT2D eigenvalue weighted by molar-refractivity contribution is -0.158. The summed E-state index contributed by atoms with van der Waals surface area (Å²) in [6, 6.07) is 0.0248. The molecule has 1 unspecified atom stereocenters. The summed E-state index contributed by atoms with van der Waals surface area (Å²) in [6.45, 7) is 10.5. The summed E-state index contributed by atoms with van der Waals surface area (Å²) < 4.78 is 19.7. The summed E-state index contributed by atoms with van der Waals surface area (Å²) in [4.78, 5) is 35.0. The standard InChI is InChI=1S/C17H31NO7Si/c1-6-10-24-17(21)18-14(8-7-9-15(19)22-2)16(20)25-13-23-11-12-26(3,4)5/h6,14H,1,7-13H2,2-5H3,(H,18,21). The van der Waals surface area contributed by atoms with E-state index >= 15 is 0 Å². The highest BCUT2D eigenvalue weighted by molar-refractivity contribution is 6.76. The molecular weight excluding hydrogens is 358 g/mol. The Hall–Kier alpha value is -1.87. The fourth-order valence-corrected chi connectivity index (χ4v) is 2.51. The zero-order valence-corrected chi connectivity index (χ0v) is 17.2. The van der Waals surface area contributed by atoms with Gasteiger partial charge in [-0.3, -0.25) is 4.79 Å². The lowest BCUT2D eigenvalue weighted by atomic mass is 10.1. The first kappa shape index (κ1) is 24.1. The minimum Gasteiger partial charge on any atom is -0.469 e. The Kier molecular flexibility index (Phi) is 12.4. The predicted octanol–water partition coefficient (Wildman–Crippen LogP) is 2.47. The molecule has 0 aliphatic heterocycles. The van der Waals surface area contributed by atoms with Crippen LogP contribution in [0.4, 0.5) is 4.79 Å². The van der Waals surface area contributed by atoms with Gasteiger partial charge in [0.05, 0.1) is 7.11 Å². The summed E-state index contributed by atoms with van der Waals surface area (Å²) in [5.74, 6) is -1.03. The van der Waals surface area contributed by atoms with E-state index in [0.717, 1.165) is 6.04 Å². The molecule has 0 saturated heterocycles. The third kappa shape index (κ3) is 13.4. The van der Waals surface area contributed by atoms with Crippen LogP contribution in [-0.2, 0) is 28.5 Å². The number of esters is 2. The Morgan fingerprint density at radius 1 is 1.19 bits per heavy atom. The van der Waals surface area contributed by atoms with Crippen molar-refractivity contribution in [2.45, 2.75) is 51.0 Å². The zero-order valence-electron chi connectivity index (χ0n) is 16.2. The molecule has 1 N–H and O–H groups in total. The maximum Gasteiger partial charge on any atom is 0.408 e. The number of carbonyl (C=O) groups excluding carboxylic acids is 3. The summed E-state index contributed by atoms with van der Waals surface area (Å²) in [6.07, 6.45) is 1.36. The van der Waals surface area contributed by atoms with E-state index in [1.165, 1.54) is 13.2 Å². The van der Waals surface area contributed by atoms with Crippen molar-refractivity contribution in [2.75, 3.05) is 27.1 Å². The van der Waals surface area contributed by atoms with Crippen molar-refractivity contribution < 1.29 is 33.3 Å². The van der Waals surface area contributed by atoms with Gasteiger partial charge >= 0.3 is 18.0 Å². The molecule has 0 spiro atoms. The number of nitrogens with one attached hydrogen (secondary N) is 1. The Morgan fingerprint density at radius 2 is 1.88 bits per heavy atom. The van der Waals surface area contributed by atoms with Crippen molar-refractivity contribution in [2.24, 2.45) is 0 Å². The second-order valence-electron chi connectivity index (χ2n) is 6.85. The molecule has 9 heteroatoms. The highest BCUT2D eigenvalue weighted by Crippen LogP contribution is 2.08. The third-order valence-corrected chi connectivity index (χ3v) is 5.00. The van der Waals surface area contributed by atoms with Gasteiger partial charge in [-0.05, 0) is 18.9 Å². The lowest BCUT2D eigenvalue weighted by Gasteiger charge is -2.18. The quantitative estimate of drug-likeness (QED) is 0.129.